The summed E-state index contributed by atoms with van der Waals surface area (Å²) in [7, 11) is 0. The summed E-state index contributed by atoms with van der Waals surface area (Å²) < 4.78 is 0.159. The summed E-state index contributed by atoms with van der Waals surface area (Å²) in [4.78, 5) is 4.42. The van der Waals surface area contributed by atoms with Crippen LogP contribution in [0.2, 0.25) is 0 Å². The number of nitrogens with one attached hydrogen (secondary N) is 1. The highest BCUT2D eigenvalue weighted by atomic mass is 127. The number of pyridine rings is 1. The molecule has 1 aromatic rings. The fraction of sp³-hybridized carbons (Fsp3) is 0.444. The molecule has 3 heteroatoms. The van der Waals surface area contributed by atoms with Crippen LogP contribution in [0.4, 0.5) is 0 Å². The molecule has 0 aliphatic carbocycles. The summed E-state index contributed by atoms with van der Waals surface area (Å²) in [6.07, 6.45) is 1.88. The number of aromatic nitrogens is 1. The largest absolute Gasteiger partial charge is 0.311 e. The van der Waals surface area contributed by atoms with Crippen LogP contribution in [0.5, 0.6) is 0 Å². The monoisotopic (exact) mass is 274 g/mol. The third kappa shape index (κ3) is 1.35. The Labute approximate surface area is 85.9 Å². The van der Waals surface area contributed by atoms with Gasteiger partial charge in [0.1, 0.15) is 0 Å². The van der Waals surface area contributed by atoms with E-state index >= 15 is 0 Å². The smallest absolute Gasteiger partial charge is 0.0741 e. The van der Waals surface area contributed by atoms with Gasteiger partial charge in [0.25, 0.3) is 0 Å². The molecule has 64 valence electrons. The Hall–Kier alpha value is -0.160. The van der Waals surface area contributed by atoms with Crippen molar-refractivity contribution < 1.29 is 0 Å². The summed E-state index contributed by atoms with van der Waals surface area (Å²) in [6.45, 7) is 4.19. The van der Waals surface area contributed by atoms with Crippen LogP contribution in [-0.2, 0) is 9.97 Å². The maximum absolute atomic E-state index is 4.42. The summed E-state index contributed by atoms with van der Waals surface area (Å²) in [5, 5.41) is 3.38. The molecule has 0 saturated heterocycles. The lowest BCUT2D eigenvalue weighted by Gasteiger charge is -2.29. The molecule has 2 rings (SSSR count). The minimum Gasteiger partial charge on any atom is -0.311 e. The molecule has 0 fully saturated rings. The van der Waals surface area contributed by atoms with E-state index in [1.807, 2.05) is 12.3 Å². The van der Waals surface area contributed by atoms with Crippen molar-refractivity contribution in [3.8, 4) is 0 Å². The van der Waals surface area contributed by atoms with E-state index in [-0.39, 0.29) is 3.42 Å². The van der Waals surface area contributed by atoms with Crippen molar-refractivity contribution in [1.29, 1.82) is 0 Å². The number of nitrogens with zero attached hydrogens (tertiary/aromatic N) is 1. The molecule has 0 aromatic carbocycles. The summed E-state index contributed by atoms with van der Waals surface area (Å²) in [5.41, 5.74) is 2.57. The van der Waals surface area contributed by atoms with Gasteiger partial charge < -0.3 is 5.32 Å². The normalized spacial score (nSPS) is 28.2. The Morgan fingerprint density at radius 2 is 2.50 bits per heavy atom. The van der Waals surface area contributed by atoms with Crippen molar-refractivity contribution in [3.63, 3.8) is 0 Å². The number of hydrogen-bond acceptors (Lipinski definition) is 2. The molecule has 1 aliphatic rings. The minimum absolute atomic E-state index is 0.159. The summed E-state index contributed by atoms with van der Waals surface area (Å²) >= 11 is 2.46. The van der Waals surface area contributed by atoms with Gasteiger partial charge in [-0.2, -0.15) is 0 Å². The quantitative estimate of drug-likeness (QED) is 0.576. The second-order valence-electron chi connectivity index (χ2n) is 3.31. The van der Waals surface area contributed by atoms with Gasteiger partial charge in [0.2, 0.25) is 0 Å². The van der Waals surface area contributed by atoms with E-state index in [0.29, 0.717) is 0 Å². The van der Waals surface area contributed by atoms with Gasteiger partial charge in [0, 0.05) is 19.3 Å². The first kappa shape index (κ1) is 8.44. The molecule has 1 unspecified atom stereocenters. The molecule has 0 saturated carbocycles. The van der Waals surface area contributed by atoms with E-state index in [4.69, 9.17) is 0 Å². The predicted molar refractivity (Wildman–Crippen MR) is 57.3 cm³/mol. The van der Waals surface area contributed by atoms with Gasteiger partial charge in [-0.15, -0.1) is 0 Å². The molecule has 0 bridgehead atoms. The zero-order chi connectivity index (χ0) is 8.60. The molecule has 0 amide bonds. The van der Waals surface area contributed by atoms with Crippen LogP contribution in [0.15, 0.2) is 18.3 Å². The number of hydrogen-bond donors (Lipinski definition) is 1. The van der Waals surface area contributed by atoms with Crippen molar-refractivity contribution >= 4 is 22.6 Å². The Morgan fingerprint density at radius 1 is 1.67 bits per heavy atom. The maximum Gasteiger partial charge on any atom is 0.0741 e. The Kier molecular flexibility index (Phi) is 2.08. The van der Waals surface area contributed by atoms with Crippen LogP contribution < -0.4 is 5.32 Å². The number of halogens is 1. The third-order valence-corrected chi connectivity index (χ3v) is 3.05. The molecular formula is C9H11IN2. The second-order valence-corrected chi connectivity index (χ2v) is 5.69. The minimum atomic E-state index is 0.159. The van der Waals surface area contributed by atoms with Crippen molar-refractivity contribution in [2.75, 3.05) is 6.54 Å². The number of fused-ring (bicyclic) bond motifs is 1. The fourth-order valence-corrected chi connectivity index (χ4v) is 2.32. The van der Waals surface area contributed by atoms with Gasteiger partial charge in [0.05, 0.1) is 9.12 Å². The van der Waals surface area contributed by atoms with Gasteiger partial charge in [-0.1, -0.05) is 28.7 Å². The SMILES string of the molecule is CC1(I)CNCc2cccnc21. The van der Waals surface area contributed by atoms with E-state index in [9.17, 15) is 0 Å². The van der Waals surface area contributed by atoms with Crippen molar-refractivity contribution in [1.82, 2.24) is 10.3 Å². The number of alkyl halides is 1. The lowest BCUT2D eigenvalue weighted by atomic mass is 9.98. The van der Waals surface area contributed by atoms with Gasteiger partial charge >= 0.3 is 0 Å². The van der Waals surface area contributed by atoms with Crippen LogP contribution in [0.25, 0.3) is 0 Å². The standard InChI is InChI=1S/C9H11IN2/c1-9(10)6-11-5-7-3-2-4-12-8(7)9/h2-4,11H,5-6H2,1H3. The van der Waals surface area contributed by atoms with Crippen molar-refractivity contribution in [3.05, 3.63) is 29.6 Å². The molecule has 0 radical (unpaired) electrons. The molecule has 12 heavy (non-hydrogen) atoms. The predicted octanol–water partition coefficient (Wildman–Crippen LogP) is 1.83. The van der Waals surface area contributed by atoms with Gasteiger partial charge in [-0.3, -0.25) is 4.98 Å². The third-order valence-electron chi connectivity index (χ3n) is 2.16. The highest BCUT2D eigenvalue weighted by Crippen LogP contribution is 2.33. The second kappa shape index (κ2) is 2.96. The highest BCUT2D eigenvalue weighted by molar-refractivity contribution is 14.1. The summed E-state index contributed by atoms with van der Waals surface area (Å²) in [6, 6.07) is 4.14. The van der Waals surface area contributed by atoms with Gasteiger partial charge in [-0.25, -0.2) is 0 Å². The maximum atomic E-state index is 4.42. The zero-order valence-electron chi connectivity index (χ0n) is 6.97. The number of rotatable bonds is 0. The molecule has 1 N–H and O–H groups in total. The first-order valence-electron chi connectivity index (χ1n) is 4.04. The molecule has 0 spiro atoms. The molecular weight excluding hydrogens is 263 g/mol. The zero-order valence-corrected chi connectivity index (χ0v) is 9.13. The topological polar surface area (TPSA) is 24.9 Å². The highest BCUT2D eigenvalue weighted by Gasteiger charge is 2.29. The van der Waals surface area contributed by atoms with Crippen LogP contribution in [0.1, 0.15) is 18.2 Å². The average molecular weight is 274 g/mol. The first-order chi connectivity index (χ1) is 5.70. The Balaban J connectivity index is 2.52. The lowest BCUT2D eigenvalue weighted by Crippen LogP contribution is -2.37. The molecule has 1 aliphatic heterocycles. The molecule has 1 aromatic heterocycles. The van der Waals surface area contributed by atoms with E-state index in [1.54, 1.807) is 0 Å². The molecule has 2 nitrogen and oxygen atoms in total. The lowest BCUT2D eigenvalue weighted by molar-refractivity contribution is 0.539. The van der Waals surface area contributed by atoms with E-state index in [2.05, 4.69) is 45.9 Å². The van der Waals surface area contributed by atoms with Crippen LogP contribution >= 0.6 is 22.6 Å². The molecule has 2 heterocycles. The van der Waals surface area contributed by atoms with Crippen molar-refractivity contribution in [2.24, 2.45) is 0 Å². The van der Waals surface area contributed by atoms with Crippen LogP contribution in [0, 0.1) is 0 Å². The Morgan fingerprint density at radius 3 is 3.25 bits per heavy atom. The first-order valence-corrected chi connectivity index (χ1v) is 5.12. The van der Waals surface area contributed by atoms with E-state index < -0.39 is 0 Å². The Bertz CT molecular complexity index is 296. The van der Waals surface area contributed by atoms with Gasteiger partial charge in [0.15, 0.2) is 0 Å². The fourth-order valence-electron chi connectivity index (χ4n) is 1.57. The van der Waals surface area contributed by atoms with E-state index in [0.717, 1.165) is 13.1 Å². The van der Waals surface area contributed by atoms with Crippen molar-refractivity contribution in [2.45, 2.75) is 16.9 Å². The van der Waals surface area contributed by atoms with Crippen LogP contribution in [-0.4, -0.2) is 11.5 Å². The molecule has 1 atom stereocenters. The van der Waals surface area contributed by atoms with Crippen LogP contribution in [0.3, 0.4) is 0 Å². The van der Waals surface area contributed by atoms with E-state index in [1.165, 1.54) is 11.3 Å². The van der Waals surface area contributed by atoms with Gasteiger partial charge in [-0.05, 0) is 18.6 Å². The average Bonchev–Trinajstić information content (AvgIpc) is 2.04. The summed E-state index contributed by atoms with van der Waals surface area (Å²) in [5.74, 6) is 0.